The second-order valence-electron chi connectivity index (χ2n) is 12.3. The van der Waals surface area contributed by atoms with Crippen LogP contribution in [-0.4, -0.2) is 82.6 Å². The number of carbonyl (C=O) groups excluding carboxylic acids is 1. The first-order chi connectivity index (χ1) is 16.5. The summed E-state index contributed by atoms with van der Waals surface area (Å²) in [5, 5.41) is 21.9. The molecule has 2 heterocycles. The van der Waals surface area contributed by atoms with Crippen molar-refractivity contribution in [2.75, 3.05) is 27.2 Å². The number of phenols is 2. The van der Waals surface area contributed by atoms with Crippen molar-refractivity contribution in [1.29, 1.82) is 0 Å². The lowest BCUT2D eigenvalue weighted by Crippen LogP contribution is -2.77. The fourth-order valence-electron chi connectivity index (χ4n) is 8.38. The van der Waals surface area contributed by atoms with Crippen LogP contribution >= 0.6 is 0 Å². The zero-order valence-corrected chi connectivity index (χ0v) is 22.1. The number of fused-ring (bicyclic) bond motifs is 1. The quantitative estimate of drug-likeness (QED) is 0.499. The van der Waals surface area contributed by atoms with Gasteiger partial charge >= 0.3 is 5.97 Å². The number of hydrogen-bond acceptors (Lipinski definition) is 7. The maximum atomic E-state index is 13.2. The molecule has 7 heteroatoms. The largest absolute Gasteiger partial charge is 0.504 e. The molecule has 35 heavy (non-hydrogen) atoms. The van der Waals surface area contributed by atoms with Crippen molar-refractivity contribution >= 4 is 5.97 Å². The predicted molar refractivity (Wildman–Crippen MR) is 134 cm³/mol. The van der Waals surface area contributed by atoms with Crippen LogP contribution in [0.4, 0.5) is 0 Å². The number of benzene rings is 1. The number of rotatable bonds is 3. The van der Waals surface area contributed by atoms with Gasteiger partial charge in [0.05, 0.1) is 5.60 Å². The molecule has 0 amide bonds. The highest BCUT2D eigenvalue weighted by Gasteiger charge is 2.69. The summed E-state index contributed by atoms with van der Waals surface area (Å²) >= 11 is 0. The molecule has 6 atom stereocenters. The molecule has 194 valence electrons. The lowest BCUT2D eigenvalue weighted by atomic mass is 9.45. The van der Waals surface area contributed by atoms with Gasteiger partial charge in [0.25, 0.3) is 0 Å². The minimum absolute atomic E-state index is 0.00421. The lowest BCUT2D eigenvalue weighted by molar-refractivity contribution is -0.210. The molecule has 1 aromatic rings. The standard InChI is InChI=1S/C28H42N2O5/c1-17-19(30-14-7-8-20(30)25(33)35-26(2,3)4)11-12-28(34-6)22-16-18-9-10-21(31)24(32)23(18)27(17,28)13-15-29(22)5/h9-10,17,19-20,22,31-32H,7-8,11-16H2,1-6H3/t17-,19?,20?,22?,27+,28+/m0/s1. The minimum atomic E-state index is -0.514. The van der Waals surface area contributed by atoms with E-state index in [1.807, 2.05) is 33.9 Å². The lowest BCUT2D eigenvalue weighted by Gasteiger charge is -2.68. The van der Waals surface area contributed by atoms with Crippen molar-refractivity contribution in [1.82, 2.24) is 9.80 Å². The number of esters is 1. The SMILES string of the molecule is CO[C@@]12CCC(N3CCCC3C(=O)OC(C)(C)C)[C@H](C)[C@@]13CCN(C)C2Cc1ccc(O)c(O)c13. The number of ether oxygens (including phenoxy) is 2. The molecule has 3 unspecified atom stereocenters. The topological polar surface area (TPSA) is 82.5 Å². The molecule has 4 aliphatic rings. The molecule has 2 bridgehead atoms. The molecule has 2 N–H and O–H groups in total. The van der Waals surface area contributed by atoms with Crippen molar-refractivity contribution in [2.24, 2.45) is 5.92 Å². The Morgan fingerprint density at radius 3 is 2.57 bits per heavy atom. The Kier molecular flexibility index (Phi) is 5.93. The van der Waals surface area contributed by atoms with Gasteiger partial charge in [-0.15, -0.1) is 0 Å². The van der Waals surface area contributed by atoms with E-state index >= 15 is 0 Å². The van der Waals surface area contributed by atoms with Gasteiger partial charge in [0.15, 0.2) is 11.5 Å². The van der Waals surface area contributed by atoms with Crippen LogP contribution < -0.4 is 0 Å². The molecule has 0 radical (unpaired) electrons. The Hall–Kier alpha value is -1.83. The zero-order valence-electron chi connectivity index (χ0n) is 22.1. The van der Waals surface area contributed by atoms with Crippen LogP contribution in [0.15, 0.2) is 12.1 Å². The number of nitrogens with zero attached hydrogens (tertiary/aromatic N) is 2. The van der Waals surface area contributed by atoms with E-state index in [1.165, 1.54) is 0 Å². The van der Waals surface area contributed by atoms with E-state index in [-0.39, 0.29) is 41.5 Å². The van der Waals surface area contributed by atoms with Crippen molar-refractivity contribution in [3.63, 3.8) is 0 Å². The van der Waals surface area contributed by atoms with E-state index in [9.17, 15) is 15.0 Å². The van der Waals surface area contributed by atoms with Crippen molar-refractivity contribution in [3.05, 3.63) is 23.3 Å². The molecule has 0 spiro atoms. The third-order valence-electron chi connectivity index (χ3n) is 9.72. The van der Waals surface area contributed by atoms with Gasteiger partial charge in [-0.25, -0.2) is 0 Å². The summed E-state index contributed by atoms with van der Waals surface area (Å²) in [4.78, 5) is 18.0. The van der Waals surface area contributed by atoms with Crippen LogP contribution in [0.1, 0.15) is 70.9 Å². The summed E-state index contributed by atoms with van der Waals surface area (Å²) in [6, 6.07) is 3.71. The van der Waals surface area contributed by atoms with Crippen LogP contribution in [0.25, 0.3) is 0 Å². The average Bonchev–Trinajstić information content (AvgIpc) is 3.27. The minimum Gasteiger partial charge on any atom is -0.504 e. The van der Waals surface area contributed by atoms with E-state index in [0.717, 1.165) is 62.7 Å². The fourth-order valence-corrected chi connectivity index (χ4v) is 8.38. The monoisotopic (exact) mass is 486 g/mol. The molecule has 2 saturated heterocycles. The Balaban J connectivity index is 1.61. The maximum Gasteiger partial charge on any atom is 0.323 e. The van der Waals surface area contributed by atoms with Crippen molar-refractivity contribution in [2.45, 2.75) is 101 Å². The molecule has 2 aliphatic heterocycles. The molecule has 3 fully saturated rings. The number of hydrogen-bond donors (Lipinski definition) is 2. The van der Waals surface area contributed by atoms with Gasteiger partial charge in [0.2, 0.25) is 0 Å². The highest BCUT2D eigenvalue weighted by molar-refractivity contribution is 5.76. The second kappa shape index (κ2) is 8.35. The van der Waals surface area contributed by atoms with Crippen molar-refractivity contribution in [3.8, 4) is 11.5 Å². The third kappa shape index (κ3) is 3.45. The van der Waals surface area contributed by atoms with E-state index in [2.05, 4.69) is 23.8 Å². The fraction of sp³-hybridized carbons (Fsp3) is 0.750. The molecule has 5 rings (SSSR count). The van der Waals surface area contributed by atoms with Crippen LogP contribution in [0.5, 0.6) is 11.5 Å². The summed E-state index contributed by atoms with van der Waals surface area (Å²) in [5.41, 5.74) is 0.533. The number of methoxy groups -OCH3 is 1. The Bertz CT molecular complexity index is 1010. The van der Waals surface area contributed by atoms with Gasteiger partial charge < -0.3 is 24.6 Å². The number of piperidine rings is 1. The van der Waals surface area contributed by atoms with Gasteiger partial charge in [-0.05, 0) is 97.0 Å². The van der Waals surface area contributed by atoms with E-state index in [4.69, 9.17) is 9.47 Å². The van der Waals surface area contributed by atoms with E-state index in [1.54, 1.807) is 6.07 Å². The van der Waals surface area contributed by atoms with Crippen molar-refractivity contribution < 1.29 is 24.5 Å². The Morgan fingerprint density at radius 2 is 1.89 bits per heavy atom. The molecular formula is C28H42N2O5. The first kappa shape index (κ1) is 24.8. The second-order valence-corrected chi connectivity index (χ2v) is 12.3. The van der Waals surface area contributed by atoms with Crippen LogP contribution in [-0.2, 0) is 26.1 Å². The molecule has 2 aliphatic carbocycles. The summed E-state index contributed by atoms with van der Waals surface area (Å²) in [6.45, 7) is 9.82. The van der Waals surface area contributed by atoms with Crippen LogP contribution in [0.3, 0.4) is 0 Å². The molecular weight excluding hydrogens is 444 g/mol. The van der Waals surface area contributed by atoms with Crippen LogP contribution in [0.2, 0.25) is 0 Å². The van der Waals surface area contributed by atoms with Gasteiger partial charge in [-0.2, -0.15) is 0 Å². The zero-order chi connectivity index (χ0) is 25.3. The normalized spacial score (nSPS) is 37.5. The average molecular weight is 487 g/mol. The van der Waals surface area contributed by atoms with E-state index < -0.39 is 16.6 Å². The highest BCUT2D eigenvalue weighted by atomic mass is 16.6. The number of phenolic OH excluding ortho intramolecular Hbond substituents is 2. The summed E-state index contributed by atoms with van der Waals surface area (Å²) in [6.07, 6.45) is 5.18. The first-order valence-electron chi connectivity index (χ1n) is 13.2. The van der Waals surface area contributed by atoms with Gasteiger partial charge in [0.1, 0.15) is 11.6 Å². The van der Waals surface area contributed by atoms with Gasteiger partial charge in [0, 0.05) is 30.2 Å². The maximum absolute atomic E-state index is 13.2. The first-order valence-corrected chi connectivity index (χ1v) is 13.2. The van der Waals surface area contributed by atoms with E-state index in [0.29, 0.717) is 0 Å². The molecule has 1 aromatic carbocycles. The third-order valence-corrected chi connectivity index (χ3v) is 9.72. The smallest absolute Gasteiger partial charge is 0.323 e. The number of likely N-dealkylation sites (N-methyl/N-ethyl adjacent to an activating group) is 1. The number of carbonyl (C=O) groups is 1. The molecule has 1 saturated carbocycles. The summed E-state index contributed by atoms with van der Waals surface area (Å²) in [5.74, 6) is -0.0802. The highest BCUT2D eigenvalue weighted by Crippen LogP contribution is 2.64. The summed E-state index contributed by atoms with van der Waals surface area (Å²) in [7, 11) is 3.99. The molecule has 7 nitrogen and oxygen atoms in total. The Labute approximate surface area is 209 Å². The van der Waals surface area contributed by atoms with Gasteiger partial charge in [-0.1, -0.05) is 13.0 Å². The predicted octanol–water partition coefficient (Wildman–Crippen LogP) is 3.59. The number of aromatic hydroxyl groups is 2. The Morgan fingerprint density at radius 1 is 1.14 bits per heavy atom. The van der Waals surface area contributed by atoms with Crippen LogP contribution in [0, 0.1) is 5.92 Å². The summed E-state index contributed by atoms with van der Waals surface area (Å²) < 4.78 is 12.4. The number of likely N-dealkylation sites (tertiary alicyclic amines) is 2. The molecule has 0 aromatic heterocycles. The van der Waals surface area contributed by atoms with Gasteiger partial charge in [-0.3, -0.25) is 9.69 Å².